The molecule has 1 N–H and O–H groups in total. The van der Waals surface area contributed by atoms with Crippen LogP contribution in [0.4, 0.5) is 5.69 Å². The van der Waals surface area contributed by atoms with Crippen LogP contribution in [-0.4, -0.2) is 17.9 Å². The number of carbonyl (C=O) groups excluding carboxylic acids is 2. The smallest absolute Gasteiger partial charge is 0.248 e. The highest BCUT2D eigenvalue weighted by atomic mass is 79.9. The van der Waals surface area contributed by atoms with E-state index in [1.165, 1.54) is 17.8 Å². The molecule has 0 aliphatic heterocycles. The fourth-order valence-electron chi connectivity index (χ4n) is 4.54. The summed E-state index contributed by atoms with van der Waals surface area (Å²) in [7, 11) is 0. The zero-order valence-corrected chi connectivity index (χ0v) is 22.3. The van der Waals surface area contributed by atoms with Crippen molar-refractivity contribution in [3.8, 4) is 0 Å². The van der Waals surface area contributed by atoms with Gasteiger partial charge in [0.15, 0.2) is 0 Å². The first-order valence-corrected chi connectivity index (χ1v) is 13.6. The molecule has 1 unspecified atom stereocenters. The fraction of sp³-hybridized carbons (Fsp3) is 0.333. The van der Waals surface area contributed by atoms with Gasteiger partial charge in [0.1, 0.15) is 6.04 Å². The molecule has 0 spiro atoms. The zero-order valence-electron chi connectivity index (χ0n) is 19.1. The Bertz CT molecular complexity index is 1150. The molecule has 1 aromatic heterocycles. The van der Waals surface area contributed by atoms with Crippen molar-refractivity contribution in [2.45, 2.75) is 57.5 Å². The Morgan fingerprint density at radius 2 is 1.88 bits per heavy atom. The highest BCUT2D eigenvalue weighted by Crippen LogP contribution is 2.35. The van der Waals surface area contributed by atoms with Crippen molar-refractivity contribution in [1.29, 1.82) is 0 Å². The van der Waals surface area contributed by atoms with E-state index in [1.54, 1.807) is 11.0 Å². The summed E-state index contributed by atoms with van der Waals surface area (Å²) in [5.41, 5.74) is 2.37. The van der Waals surface area contributed by atoms with Crippen molar-refractivity contribution in [3.63, 3.8) is 0 Å². The van der Waals surface area contributed by atoms with Gasteiger partial charge >= 0.3 is 0 Å². The number of aryl methyl sites for hydroxylation is 1. The van der Waals surface area contributed by atoms with Gasteiger partial charge in [-0.2, -0.15) is 0 Å². The highest BCUT2D eigenvalue weighted by Gasteiger charge is 2.35. The quantitative estimate of drug-likeness (QED) is 0.332. The normalized spacial score (nSPS) is 15.0. The van der Waals surface area contributed by atoms with Crippen LogP contribution < -0.4 is 10.2 Å². The number of benzene rings is 2. The van der Waals surface area contributed by atoms with Crippen molar-refractivity contribution in [3.05, 3.63) is 85.5 Å². The van der Waals surface area contributed by atoms with Crippen LogP contribution >= 0.6 is 38.9 Å². The Kier molecular flexibility index (Phi) is 8.46. The minimum atomic E-state index is -0.798. The molecule has 178 valence electrons. The van der Waals surface area contributed by atoms with E-state index in [1.807, 2.05) is 60.8 Å². The molecule has 0 saturated heterocycles. The molecule has 0 radical (unpaired) electrons. The van der Waals surface area contributed by atoms with Gasteiger partial charge in [0, 0.05) is 21.1 Å². The molecular weight excluding hydrogens is 532 g/mol. The molecule has 3 aromatic rings. The van der Waals surface area contributed by atoms with Gasteiger partial charge in [0.2, 0.25) is 11.8 Å². The Labute approximate surface area is 218 Å². The lowest BCUT2D eigenvalue weighted by Crippen LogP contribution is -2.48. The standard InChI is InChI=1S/C27H28BrClN2O2S/c1-18-8-5-6-12-22(18)26(27(33)30-19-9-3-2-4-10-19)31(20-13-14-23(28)24(29)16-20)25(32)17-21-11-7-15-34-21/h5-8,11-16,19,26H,2-4,9-10,17H2,1H3,(H,30,33). The minimum Gasteiger partial charge on any atom is -0.351 e. The third-order valence-corrected chi connectivity index (χ3v) is 8.41. The van der Waals surface area contributed by atoms with E-state index in [-0.39, 0.29) is 24.3 Å². The Hall–Kier alpha value is -2.15. The van der Waals surface area contributed by atoms with Crippen molar-refractivity contribution >= 4 is 56.4 Å². The predicted molar refractivity (Wildman–Crippen MR) is 144 cm³/mol. The molecule has 1 aliphatic rings. The molecule has 1 heterocycles. The first kappa shape index (κ1) is 25.0. The second-order valence-electron chi connectivity index (χ2n) is 8.72. The van der Waals surface area contributed by atoms with Gasteiger partial charge in [-0.25, -0.2) is 0 Å². The number of anilines is 1. The molecule has 4 rings (SSSR count). The Morgan fingerprint density at radius 1 is 1.12 bits per heavy atom. The Morgan fingerprint density at radius 3 is 2.56 bits per heavy atom. The van der Waals surface area contributed by atoms with Crippen molar-refractivity contribution in [2.75, 3.05) is 4.90 Å². The maximum Gasteiger partial charge on any atom is 0.248 e. The van der Waals surface area contributed by atoms with Gasteiger partial charge in [0.25, 0.3) is 0 Å². The van der Waals surface area contributed by atoms with Crippen LogP contribution in [0.15, 0.2) is 64.5 Å². The van der Waals surface area contributed by atoms with Crippen LogP contribution in [0, 0.1) is 6.92 Å². The summed E-state index contributed by atoms with van der Waals surface area (Å²) in [6.45, 7) is 1.98. The van der Waals surface area contributed by atoms with E-state index in [9.17, 15) is 9.59 Å². The molecule has 1 atom stereocenters. The maximum absolute atomic E-state index is 13.9. The van der Waals surface area contributed by atoms with Gasteiger partial charge < -0.3 is 5.32 Å². The van der Waals surface area contributed by atoms with Crippen molar-refractivity contribution in [2.24, 2.45) is 0 Å². The number of nitrogens with zero attached hydrogens (tertiary/aromatic N) is 1. The molecule has 1 aliphatic carbocycles. The van der Waals surface area contributed by atoms with Crippen molar-refractivity contribution in [1.82, 2.24) is 5.32 Å². The number of halogens is 2. The van der Waals surface area contributed by atoms with E-state index in [4.69, 9.17) is 11.6 Å². The summed E-state index contributed by atoms with van der Waals surface area (Å²) in [5, 5.41) is 5.71. The van der Waals surface area contributed by atoms with Crippen LogP contribution in [0.25, 0.3) is 0 Å². The van der Waals surface area contributed by atoms with Gasteiger partial charge in [-0.15, -0.1) is 11.3 Å². The van der Waals surface area contributed by atoms with Gasteiger partial charge in [-0.05, 0) is 76.5 Å². The first-order valence-electron chi connectivity index (χ1n) is 11.6. The summed E-state index contributed by atoms with van der Waals surface area (Å²) in [6, 6.07) is 16.4. The molecule has 7 heteroatoms. The molecule has 4 nitrogen and oxygen atoms in total. The molecule has 0 bridgehead atoms. The summed E-state index contributed by atoms with van der Waals surface area (Å²) in [5.74, 6) is -0.298. The van der Waals surface area contributed by atoms with Gasteiger partial charge in [0.05, 0.1) is 11.4 Å². The van der Waals surface area contributed by atoms with E-state index in [2.05, 4.69) is 21.2 Å². The molecule has 1 fully saturated rings. The summed E-state index contributed by atoms with van der Waals surface area (Å²) >= 11 is 11.4. The number of hydrogen-bond acceptors (Lipinski definition) is 3. The number of rotatable bonds is 7. The second-order valence-corrected chi connectivity index (χ2v) is 11.0. The summed E-state index contributed by atoms with van der Waals surface area (Å²) in [4.78, 5) is 30.3. The van der Waals surface area contributed by atoms with Crippen LogP contribution in [0.5, 0.6) is 0 Å². The van der Waals surface area contributed by atoms with E-state index < -0.39 is 6.04 Å². The first-order chi connectivity index (χ1) is 16.4. The molecule has 2 aromatic carbocycles. The third-order valence-electron chi connectivity index (χ3n) is 6.30. The summed E-state index contributed by atoms with van der Waals surface area (Å²) in [6.07, 6.45) is 5.59. The largest absolute Gasteiger partial charge is 0.351 e. The second kappa shape index (κ2) is 11.5. The number of thiophene rings is 1. The monoisotopic (exact) mass is 558 g/mol. The van der Waals surface area contributed by atoms with Crippen LogP contribution in [0.1, 0.15) is 54.1 Å². The third kappa shape index (κ3) is 5.91. The van der Waals surface area contributed by atoms with Crippen LogP contribution in [0.3, 0.4) is 0 Å². The number of hydrogen-bond donors (Lipinski definition) is 1. The number of nitrogens with one attached hydrogen (secondary N) is 1. The topological polar surface area (TPSA) is 49.4 Å². The zero-order chi connectivity index (χ0) is 24.1. The lowest BCUT2D eigenvalue weighted by Gasteiger charge is -2.34. The maximum atomic E-state index is 13.9. The number of carbonyl (C=O) groups is 2. The average Bonchev–Trinajstić information content (AvgIpc) is 3.33. The number of amides is 2. The minimum absolute atomic E-state index is 0.135. The fourth-order valence-corrected chi connectivity index (χ4v) is 5.65. The van der Waals surface area contributed by atoms with Gasteiger partial charge in [-0.1, -0.05) is 61.2 Å². The van der Waals surface area contributed by atoms with E-state index in [0.717, 1.165) is 46.2 Å². The molecular formula is C27H28BrClN2O2S. The molecule has 34 heavy (non-hydrogen) atoms. The summed E-state index contributed by atoms with van der Waals surface area (Å²) < 4.78 is 0.739. The van der Waals surface area contributed by atoms with Crippen LogP contribution in [-0.2, 0) is 16.0 Å². The van der Waals surface area contributed by atoms with Gasteiger partial charge in [-0.3, -0.25) is 14.5 Å². The highest BCUT2D eigenvalue weighted by molar-refractivity contribution is 9.10. The predicted octanol–water partition coefficient (Wildman–Crippen LogP) is 7.24. The molecule has 2 amide bonds. The van der Waals surface area contributed by atoms with E-state index >= 15 is 0 Å². The van der Waals surface area contributed by atoms with Crippen LogP contribution in [0.2, 0.25) is 5.02 Å². The lowest BCUT2D eigenvalue weighted by molar-refractivity contribution is -0.127. The van der Waals surface area contributed by atoms with Crippen molar-refractivity contribution < 1.29 is 9.59 Å². The SMILES string of the molecule is Cc1ccccc1C(C(=O)NC1CCCCC1)N(C(=O)Cc1cccs1)c1ccc(Br)c(Cl)c1. The van der Waals surface area contributed by atoms with E-state index in [0.29, 0.717) is 10.7 Å². The molecule has 1 saturated carbocycles. The lowest BCUT2D eigenvalue weighted by atomic mass is 9.93. The Balaban J connectivity index is 1.78. The average molecular weight is 560 g/mol.